The summed E-state index contributed by atoms with van der Waals surface area (Å²) < 4.78 is 5.20. The summed E-state index contributed by atoms with van der Waals surface area (Å²) >= 11 is 0. The molecule has 0 radical (unpaired) electrons. The minimum atomic E-state index is -0.451. The Hall–Kier alpha value is -1.66. The molecule has 1 N–H and O–H groups in total. The molecule has 0 saturated carbocycles. The Morgan fingerprint density at radius 2 is 1.65 bits per heavy atom. The number of rotatable bonds is 0. The van der Waals surface area contributed by atoms with E-state index in [1.54, 1.807) is 17.3 Å². The van der Waals surface area contributed by atoms with Gasteiger partial charge in [0.05, 0.1) is 0 Å². The van der Waals surface area contributed by atoms with Crippen LogP contribution in [0.25, 0.3) is 0 Å². The smallest absolute Gasteiger partial charge is 0.410 e. The Morgan fingerprint density at radius 3 is 2.00 bits per heavy atom. The summed E-state index contributed by atoms with van der Waals surface area (Å²) in [6.07, 6.45) is 3.20. The zero-order valence-electron chi connectivity index (χ0n) is 12.3. The second kappa shape index (κ2) is 7.81. The quantitative estimate of drug-likeness (QED) is 0.788. The summed E-state index contributed by atoms with van der Waals surface area (Å²) in [7, 11) is 0. The van der Waals surface area contributed by atoms with E-state index >= 15 is 0 Å². The zero-order chi connectivity index (χ0) is 15.0. The number of hydroxylamine groups is 2. The van der Waals surface area contributed by atoms with Crippen molar-refractivity contribution in [2.75, 3.05) is 26.2 Å². The number of pyridine rings is 1. The highest BCUT2D eigenvalue weighted by atomic mass is 16.6. The van der Waals surface area contributed by atoms with Gasteiger partial charge >= 0.3 is 6.09 Å². The van der Waals surface area contributed by atoms with Crippen LogP contribution in [0.15, 0.2) is 30.6 Å². The lowest BCUT2D eigenvalue weighted by atomic mass is 10.2. The molecular weight excluding hydrogens is 258 g/mol. The maximum atomic E-state index is 11.5. The number of carbonyl (C=O) groups is 1. The van der Waals surface area contributed by atoms with Crippen LogP contribution in [0.3, 0.4) is 0 Å². The molecule has 0 spiro atoms. The molecule has 1 aromatic heterocycles. The Balaban J connectivity index is 0.000000276. The minimum absolute atomic E-state index is 0.300. The van der Waals surface area contributed by atoms with Crippen molar-refractivity contribution in [1.29, 1.82) is 0 Å². The van der Waals surface area contributed by atoms with Crippen LogP contribution < -0.4 is 0 Å². The van der Waals surface area contributed by atoms with Crippen LogP contribution in [0, 0.1) is 0 Å². The SMILES string of the molecule is CC(C)(C)OC(=O)N1CCN(O)CC1.c1ccncc1. The van der Waals surface area contributed by atoms with Gasteiger partial charge in [-0.3, -0.25) is 4.98 Å². The van der Waals surface area contributed by atoms with E-state index in [-0.39, 0.29) is 6.09 Å². The summed E-state index contributed by atoms with van der Waals surface area (Å²) in [6.45, 7) is 7.53. The lowest BCUT2D eigenvalue weighted by Gasteiger charge is -2.32. The van der Waals surface area contributed by atoms with Gasteiger partial charge in [-0.1, -0.05) is 6.07 Å². The van der Waals surface area contributed by atoms with Crippen molar-refractivity contribution in [3.63, 3.8) is 0 Å². The highest BCUT2D eigenvalue weighted by Crippen LogP contribution is 2.11. The monoisotopic (exact) mass is 281 g/mol. The lowest BCUT2D eigenvalue weighted by Crippen LogP contribution is -2.48. The number of hydrogen-bond acceptors (Lipinski definition) is 5. The van der Waals surface area contributed by atoms with Crippen molar-refractivity contribution in [2.24, 2.45) is 0 Å². The van der Waals surface area contributed by atoms with Crippen molar-refractivity contribution in [3.05, 3.63) is 30.6 Å². The highest BCUT2D eigenvalue weighted by Gasteiger charge is 2.24. The molecule has 1 fully saturated rings. The third-order valence-electron chi connectivity index (χ3n) is 2.47. The van der Waals surface area contributed by atoms with E-state index in [0.717, 1.165) is 0 Å². The van der Waals surface area contributed by atoms with Crippen molar-refractivity contribution < 1.29 is 14.7 Å². The molecule has 1 aromatic rings. The Morgan fingerprint density at radius 1 is 1.10 bits per heavy atom. The van der Waals surface area contributed by atoms with Gasteiger partial charge in [-0.15, -0.1) is 0 Å². The molecule has 0 bridgehead atoms. The van der Waals surface area contributed by atoms with Gasteiger partial charge in [0.25, 0.3) is 0 Å². The van der Waals surface area contributed by atoms with Crippen molar-refractivity contribution in [1.82, 2.24) is 14.9 Å². The standard InChI is InChI=1S/C9H18N2O3.C5H5N/c1-9(2,3)14-8(12)10-4-6-11(13)7-5-10;1-2-4-6-5-3-1/h13H,4-7H2,1-3H3;1-5H. The van der Waals surface area contributed by atoms with Gasteiger partial charge in [0.1, 0.15) is 5.60 Å². The lowest BCUT2D eigenvalue weighted by molar-refractivity contribution is -0.116. The van der Waals surface area contributed by atoms with Gasteiger partial charge in [0.15, 0.2) is 0 Å². The van der Waals surface area contributed by atoms with E-state index in [0.29, 0.717) is 26.2 Å². The molecule has 20 heavy (non-hydrogen) atoms. The third kappa shape index (κ3) is 7.06. The summed E-state index contributed by atoms with van der Waals surface area (Å²) in [6, 6.07) is 5.72. The van der Waals surface area contributed by atoms with E-state index in [1.807, 2.05) is 39.0 Å². The summed E-state index contributed by atoms with van der Waals surface area (Å²) in [4.78, 5) is 16.9. The molecule has 0 aliphatic carbocycles. The first-order valence-electron chi connectivity index (χ1n) is 6.65. The molecule has 0 atom stereocenters. The van der Waals surface area contributed by atoms with Crippen molar-refractivity contribution in [3.8, 4) is 0 Å². The van der Waals surface area contributed by atoms with Gasteiger partial charge in [0.2, 0.25) is 0 Å². The van der Waals surface area contributed by atoms with E-state index in [4.69, 9.17) is 9.94 Å². The minimum Gasteiger partial charge on any atom is -0.444 e. The molecular formula is C14H23N3O3. The third-order valence-corrected chi connectivity index (χ3v) is 2.47. The van der Waals surface area contributed by atoms with Crippen molar-refractivity contribution >= 4 is 6.09 Å². The fraction of sp³-hybridized carbons (Fsp3) is 0.571. The van der Waals surface area contributed by atoms with E-state index in [1.165, 1.54) is 5.06 Å². The first-order valence-corrected chi connectivity index (χ1v) is 6.65. The Labute approximate surface area is 119 Å². The maximum absolute atomic E-state index is 11.5. The van der Waals surface area contributed by atoms with Crippen LogP contribution in [0.4, 0.5) is 4.79 Å². The van der Waals surface area contributed by atoms with Crippen LogP contribution >= 0.6 is 0 Å². The molecule has 6 nitrogen and oxygen atoms in total. The van der Waals surface area contributed by atoms with Crippen LogP contribution in [0.2, 0.25) is 0 Å². The van der Waals surface area contributed by atoms with Crippen LogP contribution in [-0.2, 0) is 4.74 Å². The Kier molecular flexibility index (Phi) is 6.41. The maximum Gasteiger partial charge on any atom is 0.410 e. The normalized spacial score (nSPS) is 16.1. The highest BCUT2D eigenvalue weighted by molar-refractivity contribution is 5.68. The second-order valence-corrected chi connectivity index (χ2v) is 5.45. The first kappa shape index (κ1) is 16.4. The molecule has 2 heterocycles. The fourth-order valence-electron chi connectivity index (χ4n) is 1.52. The van der Waals surface area contributed by atoms with Gasteiger partial charge in [-0.2, -0.15) is 5.06 Å². The summed E-state index contributed by atoms with van der Waals surface area (Å²) in [5.74, 6) is 0. The van der Waals surface area contributed by atoms with E-state index in [2.05, 4.69) is 4.98 Å². The predicted octanol–water partition coefficient (Wildman–Crippen LogP) is 2.01. The first-order chi connectivity index (χ1) is 9.38. The van der Waals surface area contributed by atoms with Gasteiger partial charge in [-0.25, -0.2) is 4.79 Å². The molecule has 6 heteroatoms. The second-order valence-electron chi connectivity index (χ2n) is 5.45. The largest absolute Gasteiger partial charge is 0.444 e. The van der Waals surface area contributed by atoms with Crippen LogP contribution in [0.5, 0.6) is 0 Å². The fourth-order valence-corrected chi connectivity index (χ4v) is 1.52. The predicted molar refractivity (Wildman–Crippen MR) is 75.4 cm³/mol. The number of piperazine rings is 1. The molecule has 1 saturated heterocycles. The van der Waals surface area contributed by atoms with Crippen molar-refractivity contribution in [2.45, 2.75) is 26.4 Å². The van der Waals surface area contributed by atoms with Crippen LogP contribution in [0.1, 0.15) is 20.8 Å². The topological polar surface area (TPSA) is 65.9 Å². The van der Waals surface area contributed by atoms with Gasteiger partial charge in [0, 0.05) is 38.6 Å². The molecule has 1 aliphatic heterocycles. The Bertz CT molecular complexity index is 358. The molecule has 0 aromatic carbocycles. The number of nitrogens with zero attached hydrogens (tertiary/aromatic N) is 3. The van der Waals surface area contributed by atoms with E-state index in [9.17, 15) is 4.79 Å². The average Bonchev–Trinajstić information content (AvgIpc) is 2.40. The number of aromatic nitrogens is 1. The molecule has 1 aliphatic rings. The van der Waals surface area contributed by atoms with Gasteiger partial charge < -0.3 is 14.8 Å². The number of carbonyl (C=O) groups excluding carboxylic acids is 1. The molecule has 112 valence electrons. The average molecular weight is 281 g/mol. The molecule has 0 unspecified atom stereocenters. The summed E-state index contributed by atoms with van der Waals surface area (Å²) in [5, 5.41) is 10.3. The zero-order valence-corrected chi connectivity index (χ0v) is 12.3. The number of hydrogen-bond donors (Lipinski definition) is 1. The molecule has 2 rings (SSSR count). The van der Waals surface area contributed by atoms with E-state index < -0.39 is 5.60 Å². The summed E-state index contributed by atoms with van der Waals surface area (Å²) in [5.41, 5.74) is -0.451. The van der Waals surface area contributed by atoms with Crippen LogP contribution in [-0.4, -0.2) is 58.0 Å². The number of amides is 1. The van der Waals surface area contributed by atoms with Gasteiger partial charge in [-0.05, 0) is 32.9 Å². The number of ether oxygens (including phenoxy) is 1. The molecule has 1 amide bonds.